The van der Waals surface area contributed by atoms with Crippen LogP contribution in [-0.2, 0) is 11.0 Å². The molecule has 32 heavy (non-hydrogen) atoms. The Morgan fingerprint density at radius 2 is 2.16 bits per heavy atom. The van der Waals surface area contributed by atoms with Crippen LogP contribution in [0.4, 0.5) is 18.9 Å². The molecule has 3 aromatic rings. The maximum absolute atomic E-state index is 13.2. The van der Waals surface area contributed by atoms with Gasteiger partial charge in [-0.1, -0.05) is 12.2 Å². The van der Waals surface area contributed by atoms with Crippen LogP contribution in [0, 0.1) is 0 Å². The van der Waals surface area contributed by atoms with E-state index in [0.717, 1.165) is 10.7 Å². The second-order valence-electron chi connectivity index (χ2n) is 6.87. The van der Waals surface area contributed by atoms with E-state index >= 15 is 0 Å². The number of amides is 1. The van der Waals surface area contributed by atoms with Gasteiger partial charge >= 0.3 is 6.18 Å². The highest BCUT2D eigenvalue weighted by Gasteiger charge is 2.36. The average molecular weight is 465 g/mol. The first kappa shape index (κ1) is 21.7. The molecule has 0 bridgehead atoms. The number of alkyl halides is 4. The van der Waals surface area contributed by atoms with Gasteiger partial charge in [-0.2, -0.15) is 18.3 Å². The molecule has 2 aromatic heterocycles. The van der Waals surface area contributed by atoms with Crippen molar-refractivity contribution in [1.82, 2.24) is 14.8 Å². The third kappa shape index (κ3) is 4.40. The predicted octanol–water partition coefficient (Wildman–Crippen LogP) is 4.58. The summed E-state index contributed by atoms with van der Waals surface area (Å²) in [7, 11) is 0. The molecular weight excluding hydrogens is 449 g/mol. The molecule has 1 aromatic carbocycles. The van der Waals surface area contributed by atoms with Crippen molar-refractivity contribution >= 4 is 39.8 Å². The zero-order valence-corrected chi connectivity index (χ0v) is 17.1. The lowest BCUT2D eigenvalue weighted by molar-refractivity contribution is -0.141. The molecular formula is C21H16ClF3N4O3. The molecule has 2 heterocycles. The highest BCUT2D eigenvalue weighted by atomic mass is 35.5. The average Bonchev–Trinajstić information content (AvgIpc) is 3.19. The highest BCUT2D eigenvalue weighted by Crippen LogP contribution is 2.34. The number of rotatable bonds is 5. The Bertz CT molecular complexity index is 1240. The van der Waals surface area contributed by atoms with Crippen molar-refractivity contribution in [3.05, 3.63) is 60.5 Å². The molecule has 1 amide bonds. The van der Waals surface area contributed by atoms with Crippen LogP contribution in [0.3, 0.4) is 0 Å². The van der Waals surface area contributed by atoms with Crippen molar-refractivity contribution in [2.75, 3.05) is 11.9 Å². The number of aromatic hydroxyl groups is 1. The summed E-state index contributed by atoms with van der Waals surface area (Å²) in [5.74, 6) is -0.942. The number of pyridine rings is 1. The molecule has 0 fully saturated rings. The minimum atomic E-state index is -4.70. The van der Waals surface area contributed by atoms with E-state index in [9.17, 15) is 23.1 Å². The van der Waals surface area contributed by atoms with Crippen LogP contribution in [0.5, 0.6) is 11.6 Å². The van der Waals surface area contributed by atoms with Crippen molar-refractivity contribution in [3.63, 3.8) is 0 Å². The molecule has 1 aliphatic carbocycles. The van der Waals surface area contributed by atoms with Gasteiger partial charge in [0.2, 0.25) is 5.88 Å². The molecule has 0 aliphatic heterocycles. The van der Waals surface area contributed by atoms with E-state index in [1.807, 2.05) is 0 Å². The first-order valence-electron chi connectivity index (χ1n) is 9.42. The zero-order valence-electron chi connectivity index (χ0n) is 16.3. The topological polar surface area (TPSA) is 89.3 Å². The Balaban J connectivity index is 1.55. The Morgan fingerprint density at radius 1 is 1.34 bits per heavy atom. The zero-order chi connectivity index (χ0) is 22.9. The monoisotopic (exact) mass is 464 g/mol. The van der Waals surface area contributed by atoms with Gasteiger partial charge in [-0.05, 0) is 36.8 Å². The maximum Gasteiger partial charge on any atom is 0.435 e. The Hall–Kier alpha value is -3.53. The van der Waals surface area contributed by atoms with Crippen LogP contribution < -0.4 is 10.1 Å². The van der Waals surface area contributed by atoms with Gasteiger partial charge in [0, 0.05) is 17.6 Å². The number of carbonyl (C=O) groups excluding carboxylic acids is 1. The lowest BCUT2D eigenvalue weighted by atomic mass is 10.1. The number of hydrogen-bond acceptors (Lipinski definition) is 5. The molecule has 0 saturated heterocycles. The summed E-state index contributed by atoms with van der Waals surface area (Å²) in [6, 6.07) is 6.88. The fraction of sp³-hybridized carbons (Fsp3) is 0.190. The fourth-order valence-electron chi connectivity index (χ4n) is 3.18. The smallest absolute Gasteiger partial charge is 0.435 e. The van der Waals surface area contributed by atoms with Crippen LogP contribution in [0.2, 0.25) is 0 Å². The van der Waals surface area contributed by atoms with Crippen LogP contribution in [0.1, 0.15) is 12.1 Å². The predicted molar refractivity (Wildman–Crippen MR) is 112 cm³/mol. The van der Waals surface area contributed by atoms with Gasteiger partial charge in [-0.3, -0.25) is 9.78 Å². The fourth-order valence-corrected chi connectivity index (χ4v) is 3.44. The number of phenols is 1. The summed E-state index contributed by atoms with van der Waals surface area (Å²) in [6.45, 7) is -0.582. The van der Waals surface area contributed by atoms with Crippen LogP contribution >= 0.6 is 11.6 Å². The van der Waals surface area contributed by atoms with Crippen molar-refractivity contribution in [3.8, 4) is 11.6 Å². The lowest BCUT2D eigenvalue weighted by Gasteiger charge is -2.17. The van der Waals surface area contributed by atoms with Gasteiger partial charge in [-0.15, -0.1) is 11.6 Å². The molecule has 1 atom stereocenters. The normalized spacial score (nSPS) is 16.1. The van der Waals surface area contributed by atoms with Gasteiger partial charge < -0.3 is 15.2 Å². The van der Waals surface area contributed by atoms with E-state index in [4.69, 9.17) is 16.3 Å². The molecule has 11 heteroatoms. The van der Waals surface area contributed by atoms with Crippen LogP contribution in [0.25, 0.3) is 16.6 Å². The van der Waals surface area contributed by atoms with E-state index in [-0.39, 0.29) is 11.6 Å². The second kappa shape index (κ2) is 8.54. The number of aromatic nitrogens is 3. The number of fused-ring (bicyclic) bond motifs is 1. The number of halogens is 4. The van der Waals surface area contributed by atoms with Crippen molar-refractivity contribution in [2.24, 2.45) is 0 Å². The van der Waals surface area contributed by atoms with Gasteiger partial charge in [-0.25, -0.2) is 4.68 Å². The molecule has 0 spiro atoms. The van der Waals surface area contributed by atoms with Gasteiger partial charge in [0.25, 0.3) is 5.91 Å². The summed E-state index contributed by atoms with van der Waals surface area (Å²) < 4.78 is 46.0. The van der Waals surface area contributed by atoms with E-state index in [1.165, 1.54) is 24.4 Å². The van der Waals surface area contributed by atoms with E-state index in [0.29, 0.717) is 28.7 Å². The summed E-state index contributed by atoms with van der Waals surface area (Å²) in [5, 5.41) is 16.0. The number of anilines is 1. The summed E-state index contributed by atoms with van der Waals surface area (Å²) in [6.07, 6.45) is 2.18. The molecule has 1 aliphatic rings. The minimum absolute atomic E-state index is 0.0520. The first-order chi connectivity index (χ1) is 15.2. The summed E-state index contributed by atoms with van der Waals surface area (Å²) >= 11 is 6.23. The van der Waals surface area contributed by atoms with Crippen LogP contribution in [0.15, 0.2) is 54.8 Å². The molecule has 1 unspecified atom stereocenters. The van der Waals surface area contributed by atoms with E-state index in [1.54, 1.807) is 24.3 Å². The first-order valence-corrected chi connectivity index (χ1v) is 9.85. The Morgan fingerprint density at radius 3 is 2.91 bits per heavy atom. The number of nitrogens with one attached hydrogen (secondary N) is 1. The van der Waals surface area contributed by atoms with Crippen LogP contribution in [-0.4, -0.2) is 37.8 Å². The summed E-state index contributed by atoms with van der Waals surface area (Å²) in [4.78, 5) is 16.5. The lowest BCUT2D eigenvalue weighted by Crippen LogP contribution is -2.22. The quantitative estimate of drug-likeness (QED) is 0.426. The van der Waals surface area contributed by atoms with Crippen molar-refractivity contribution in [1.29, 1.82) is 0 Å². The number of benzene rings is 1. The molecule has 166 valence electrons. The molecule has 0 radical (unpaired) electrons. The number of carbonyl (C=O) groups is 1. The highest BCUT2D eigenvalue weighted by molar-refractivity contribution is 6.25. The number of nitrogens with zero attached hydrogens (tertiary/aromatic N) is 3. The number of allylic oxidation sites excluding steroid dienone is 4. The Labute approximate surface area is 184 Å². The van der Waals surface area contributed by atoms with E-state index in [2.05, 4.69) is 15.4 Å². The van der Waals surface area contributed by atoms with Crippen molar-refractivity contribution < 1.29 is 27.8 Å². The molecule has 7 nitrogen and oxygen atoms in total. The SMILES string of the molecule is O=C(COc1cc(C(F)(F)F)nn1C1=CC=CCC1Cl)Nc1ccc(O)c2ncccc12. The van der Waals surface area contributed by atoms with Gasteiger partial charge in [0.15, 0.2) is 12.3 Å². The maximum atomic E-state index is 13.2. The standard InChI is InChI=1S/C21H16ClF3N4O3/c22-13-5-1-2-6-15(13)29-19(10-17(28-29)21(23,24)25)32-11-18(31)27-14-7-8-16(30)20-12(14)4-3-9-26-20/h1-4,6-10,13,30H,5,11H2,(H,27,31). The number of hydrogen-bond donors (Lipinski definition) is 2. The molecule has 2 N–H and O–H groups in total. The second-order valence-corrected chi connectivity index (χ2v) is 7.40. The third-order valence-corrected chi connectivity index (χ3v) is 5.05. The largest absolute Gasteiger partial charge is 0.506 e. The Kier molecular flexibility index (Phi) is 5.79. The van der Waals surface area contributed by atoms with Crippen molar-refractivity contribution in [2.45, 2.75) is 18.0 Å². The molecule has 0 saturated carbocycles. The van der Waals surface area contributed by atoms with Gasteiger partial charge in [0.05, 0.1) is 16.8 Å². The molecule has 4 rings (SSSR count). The number of phenolic OH excluding ortho intramolecular Hbond substituents is 1. The third-order valence-electron chi connectivity index (χ3n) is 4.65. The van der Waals surface area contributed by atoms with E-state index < -0.39 is 29.8 Å². The minimum Gasteiger partial charge on any atom is -0.506 e. The van der Waals surface area contributed by atoms with Gasteiger partial charge in [0.1, 0.15) is 11.3 Å². The summed E-state index contributed by atoms with van der Waals surface area (Å²) in [5.41, 5.74) is -0.201. The number of ether oxygens (including phenoxy) is 1.